The van der Waals surface area contributed by atoms with Crippen molar-refractivity contribution in [2.24, 2.45) is 0 Å². The number of rotatable bonds is 1. The van der Waals surface area contributed by atoms with Gasteiger partial charge < -0.3 is 5.32 Å². The van der Waals surface area contributed by atoms with E-state index in [1.54, 1.807) is 0 Å². The Morgan fingerprint density at radius 2 is 1.62 bits per heavy atom. The summed E-state index contributed by atoms with van der Waals surface area (Å²) in [6, 6.07) is 0. The van der Waals surface area contributed by atoms with E-state index in [0.29, 0.717) is 0 Å². The number of nitrogens with one attached hydrogen (secondary N) is 1. The second-order valence-electron chi connectivity index (χ2n) is 1.91. The Labute approximate surface area is 52.8 Å². The molecule has 0 spiro atoms. The first-order valence-electron chi connectivity index (χ1n) is 2.91. The SMILES string of the molecule is C=C(C)C.CCNC. The molecule has 0 aliphatic heterocycles. The van der Waals surface area contributed by atoms with Crippen molar-refractivity contribution in [3.8, 4) is 0 Å². The van der Waals surface area contributed by atoms with Crippen LogP contribution >= 0.6 is 0 Å². The Morgan fingerprint density at radius 3 is 1.62 bits per heavy atom. The molecule has 0 bridgehead atoms. The van der Waals surface area contributed by atoms with Crippen LogP contribution in [-0.2, 0) is 0 Å². The minimum absolute atomic E-state index is 1.07. The van der Waals surface area contributed by atoms with Gasteiger partial charge in [0.15, 0.2) is 0 Å². The van der Waals surface area contributed by atoms with Crippen molar-refractivity contribution in [2.45, 2.75) is 20.8 Å². The normalized spacial score (nSPS) is 7.00. The van der Waals surface area contributed by atoms with Crippen LogP contribution in [0.5, 0.6) is 0 Å². The summed E-state index contributed by atoms with van der Waals surface area (Å²) >= 11 is 0. The molecule has 1 nitrogen and oxygen atoms in total. The molecular weight excluding hydrogens is 98.1 g/mol. The molecule has 0 rings (SSSR count). The molecule has 0 aromatic rings. The Hall–Kier alpha value is -0.300. The highest BCUT2D eigenvalue weighted by atomic mass is 14.8. The predicted molar refractivity (Wildman–Crippen MR) is 40.1 cm³/mol. The van der Waals surface area contributed by atoms with E-state index >= 15 is 0 Å². The van der Waals surface area contributed by atoms with Crippen LogP contribution in [0.25, 0.3) is 0 Å². The smallest absolute Gasteiger partial charge is 0.00804 e. The number of hydrogen-bond donors (Lipinski definition) is 1. The monoisotopic (exact) mass is 115 g/mol. The summed E-state index contributed by atoms with van der Waals surface area (Å²) in [6.45, 7) is 10.6. The van der Waals surface area contributed by atoms with Crippen molar-refractivity contribution < 1.29 is 0 Å². The van der Waals surface area contributed by atoms with Crippen LogP contribution in [0.15, 0.2) is 12.2 Å². The lowest BCUT2D eigenvalue weighted by Gasteiger charge is -1.76. The summed E-state index contributed by atoms with van der Waals surface area (Å²) in [7, 11) is 1.93. The maximum Gasteiger partial charge on any atom is -0.00804 e. The van der Waals surface area contributed by atoms with Gasteiger partial charge in [0.2, 0.25) is 0 Å². The van der Waals surface area contributed by atoms with Crippen LogP contribution in [0, 0.1) is 0 Å². The fourth-order valence-electron chi connectivity index (χ4n) is 0. The third-order valence-corrected chi connectivity index (χ3v) is 0.354. The van der Waals surface area contributed by atoms with Gasteiger partial charge in [-0.2, -0.15) is 0 Å². The number of allylic oxidation sites excluding steroid dienone is 1. The zero-order valence-electron chi connectivity index (χ0n) is 6.41. The molecule has 0 aromatic carbocycles. The molecule has 1 N–H and O–H groups in total. The summed E-state index contributed by atoms with van der Waals surface area (Å²) in [5.41, 5.74) is 1.17. The van der Waals surface area contributed by atoms with E-state index in [2.05, 4.69) is 18.8 Å². The molecule has 0 saturated carbocycles. The highest BCUT2D eigenvalue weighted by Crippen LogP contribution is 1.73. The van der Waals surface area contributed by atoms with Gasteiger partial charge in [-0.05, 0) is 27.4 Å². The molecule has 0 heterocycles. The van der Waals surface area contributed by atoms with E-state index in [9.17, 15) is 0 Å². The van der Waals surface area contributed by atoms with Crippen molar-refractivity contribution in [2.75, 3.05) is 13.6 Å². The van der Waals surface area contributed by atoms with Gasteiger partial charge in [0, 0.05) is 0 Å². The van der Waals surface area contributed by atoms with Crippen LogP contribution in [-0.4, -0.2) is 13.6 Å². The van der Waals surface area contributed by atoms with E-state index in [1.807, 2.05) is 20.9 Å². The van der Waals surface area contributed by atoms with Crippen LogP contribution in [0.4, 0.5) is 0 Å². The second kappa shape index (κ2) is 9.85. The zero-order valence-corrected chi connectivity index (χ0v) is 6.41. The lowest BCUT2D eigenvalue weighted by Crippen LogP contribution is -2.01. The summed E-state index contributed by atoms with van der Waals surface area (Å²) < 4.78 is 0. The molecule has 0 aliphatic carbocycles. The molecule has 8 heavy (non-hydrogen) atoms. The van der Waals surface area contributed by atoms with Gasteiger partial charge >= 0.3 is 0 Å². The summed E-state index contributed by atoms with van der Waals surface area (Å²) in [4.78, 5) is 0. The third-order valence-electron chi connectivity index (χ3n) is 0.354. The molecule has 0 aliphatic rings. The second-order valence-corrected chi connectivity index (χ2v) is 1.91. The molecule has 50 valence electrons. The van der Waals surface area contributed by atoms with Gasteiger partial charge in [-0.1, -0.05) is 12.5 Å². The van der Waals surface area contributed by atoms with Crippen molar-refractivity contribution in [3.05, 3.63) is 12.2 Å². The topological polar surface area (TPSA) is 12.0 Å². The third kappa shape index (κ3) is 257. The van der Waals surface area contributed by atoms with Crippen molar-refractivity contribution >= 4 is 0 Å². The lowest BCUT2D eigenvalue weighted by atomic mass is 10.4. The fourth-order valence-corrected chi connectivity index (χ4v) is 0. The van der Waals surface area contributed by atoms with Gasteiger partial charge in [-0.3, -0.25) is 0 Å². The molecule has 0 atom stereocenters. The zero-order chi connectivity index (χ0) is 6.99. The van der Waals surface area contributed by atoms with Gasteiger partial charge in [0.25, 0.3) is 0 Å². The molecular formula is C7H17N. The van der Waals surface area contributed by atoms with Crippen molar-refractivity contribution in [3.63, 3.8) is 0 Å². The van der Waals surface area contributed by atoms with Crippen LogP contribution in [0.3, 0.4) is 0 Å². The van der Waals surface area contributed by atoms with Crippen LogP contribution in [0.1, 0.15) is 20.8 Å². The van der Waals surface area contributed by atoms with E-state index in [0.717, 1.165) is 6.54 Å². The Bertz CT molecular complexity index is 42.3. The Morgan fingerprint density at radius 1 is 1.50 bits per heavy atom. The van der Waals surface area contributed by atoms with E-state index in [1.165, 1.54) is 5.57 Å². The summed E-state index contributed by atoms with van der Waals surface area (Å²) in [6.07, 6.45) is 0. The first-order chi connectivity index (χ1) is 3.65. The molecule has 0 unspecified atom stereocenters. The quantitative estimate of drug-likeness (QED) is 0.514. The van der Waals surface area contributed by atoms with Gasteiger partial charge in [-0.25, -0.2) is 0 Å². The van der Waals surface area contributed by atoms with E-state index < -0.39 is 0 Å². The fraction of sp³-hybridized carbons (Fsp3) is 0.714. The maximum atomic E-state index is 3.56. The van der Waals surface area contributed by atoms with Crippen LogP contribution < -0.4 is 5.32 Å². The van der Waals surface area contributed by atoms with E-state index in [-0.39, 0.29) is 0 Å². The average molecular weight is 115 g/mol. The summed E-state index contributed by atoms with van der Waals surface area (Å²) in [5, 5.41) is 2.93. The Kier molecular flexibility index (Phi) is 13.1. The summed E-state index contributed by atoms with van der Waals surface area (Å²) in [5.74, 6) is 0. The molecule has 1 heteroatoms. The van der Waals surface area contributed by atoms with E-state index in [4.69, 9.17) is 0 Å². The molecule has 0 aromatic heterocycles. The van der Waals surface area contributed by atoms with Crippen molar-refractivity contribution in [1.82, 2.24) is 5.32 Å². The highest BCUT2D eigenvalue weighted by molar-refractivity contribution is 4.78. The minimum Gasteiger partial charge on any atom is -0.320 e. The predicted octanol–water partition coefficient (Wildman–Crippen LogP) is 1.81. The largest absolute Gasteiger partial charge is 0.320 e. The van der Waals surface area contributed by atoms with Crippen molar-refractivity contribution in [1.29, 1.82) is 0 Å². The molecule has 0 radical (unpaired) electrons. The van der Waals surface area contributed by atoms with Gasteiger partial charge in [0.1, 0.15) is 0 Å². The molecule has 0 fully saturated rings. The number of hydrogen-bond acceptors (Lipinski definition) is 1. The lowest BCUT2D eigenvalue weighted by molar-refractivity contribution is 0.864. The van der Waals surface area contributed by atoms with Gasteiger partial charge in [0.05, 0.1) is 0 Å². The van der Waals surface area contributed by atoms with Gasteiger partial charge in [-0.15, -0.1) is 6.58 Å². The average Bonchev–Trinajstić information content (AvgIpc) is 1.65. The molecule has 0 saturated heterocycles. The molecule has 0 amide bonds. The van der Waals surface area contributed by atoms with Crippen LogP contribution in [0.2, 0.25) is 0 Å². The maximum absolute atomic E-state index is 3.56. The highest BCUT2D eigenvalue weighted by Gasteiger charge is 1.51. The Balaban J connectivity index is 0. The first kappa shape index (κ1) is 10.6. The minimum atomic E-state index is 1.07. The standard InChI is InChI=1S/C4H8.C3H9N/c1-4(2)3;1-3-4-2/h1H2,2-3H3;4H,3H2,1-2H3. The first-order valence-corrected chi connectivity index (χ1v) is 2.91.